The van der Waals surface area contributed by atoms with E-state index in [1.807, 2.05) is 0 Å². The topological polar surface area (TPSA) is 82.1 Å². The fourth-order valence-corrected chi connectivity index (χ4v) is 12.8. The maximum atomic E-state index is 13.9. The van der Waals surface area contributed by atoms with Gasteiger partial charge in [0.1, 0.15) is 11.7 Å². The first-order chi connectivity index (χ1) is 21.6. The summed E-state index contributed by atoms with van der Waals surface area (Å²) in [5, 5.41) is 9.90. The molecule has 6 aliphatic rings. The van der Waals surface area contributed by atoms with Crippen molar-refractivity contribution in [3.8, 4) is 11.5 Å². The highest BCUT2D eigenvalue weighted by atomic mass is 16.6. The van der Waals surface area contributed by atoms with Crippen molar-refractivity contribution >= 4 is 18.0 Å². The Hall–Kier alpha value is -2.76. The summed E-state index contributed by atoms with van der Waals surface area (Å²) >= 11 is 0. The van der Waals surface area contributed by atoms with E-state index in [2.05, 4.69) is 60.6 Å². The number of hydrogen-bond donors (Lipinski definition) is 1. The SMILES string of the molecule is COc1cc(/C=C/C(=O)O[C@H]2CC[C@]3(C)[C@H]4C=C[C@]56OC(=O)[C@@]7(CC[C@@H](C)[C@H](C)[C@H]75)CC[C@@]6(C)[C@]4(C)CC[C@H]3C2(C)C)ccc1O. The molecule has 5 aliphatic carbocycles. The predicted molar refractivity (Wildman–Crippen MR) is 178 cm³/mol. The fraction of sp³-hybridized carbons (Fsp3) is 0.700. The van der Waals surface area contributed by atoms with Crippen LogP contribution in [0.5, 0.6) is 11.5 Å². The Labute approximate surface area is 275 Å². The van der Waals surface area contributed by atoms with Crippen molar-refractivity contribution in [3.05, 3.63) is 42.0 Å². The normalized spacial score (nSPS) is 46.8. The largest absolute Gasteiger partial charge is 0.504 e. The van der Waals surface area contributed by atoms with Gasteiger partial charge in [-0.2, -0.15) is 0 Å². The Bertz CT molecular complexity index is 1510. The summed E-state index contributed by atoms with van der Waals surface area (Å²) < 4.78 is 18.2. The predicted octanol–water partition coefficient (Wildman–Crippen LogP) is 8.52. The van der Waals surface area contributed by atoms with Crippen LogP contribution in [0.3, 0.4) is 0 Å². The van der Waals surface area contributed by atoms with E-state index in [1.54, 1.807) is 24.3 Å². The number of aromatic hydroxyl groups is 1. The van der Waals surface area contributed by atoms with Gasteiger partial charge in [-0.25, -0.2) is 4.79 Å². The zero-order chi connectivity index (χ0) is 33.1. The van der Waals surface area contributed by atoms with Crippen molar-refractivity contribution in [2.45, 2.75) is 112 Å². The Morgan fingerprint density at radius 2 is 1.76 bits per heavy atom. The van der Waals surface area contributed by atoms with Crippen LogP contribution >= 0.6 is 0 Å². The van der Waals surface area contributed by atoms with Gasteiger partial charge < -0.3 is 19.3 Å². The average molecular weight is 631 g/mol. The number of methoxy groups -OCH3 is 1. The van der Waals surface area contributed by atoms with Crippen LogP contribution in [-0.2, 0) is 19.1 Å². The second-order valence-electron chi connectivity index (χ2n) is 17.4. The number of rotatable bonds is 4. The molecule has 4 saturated carbocycles. The number of phenolic OH excluding ortho intramolecular Hbond substituents is 1. The van der Waals surface area contributed by atoms with E-state index in [0.29, 0.717) is 29.4 Å². The molecular weight excluding hydrogens is 576 g/mol. The number of allylic oxidation sites excluding steroid dienone is 1. The van der Waals surface area contributed by atoms with Crippen molar-refractivity contribution in [2.24, 2.45) is 56.7 Å². The molecule has 46 heavy (non-hydrogen) atoms. The van der Waals surface area contributed by atoms with E-state index in [9.17, 15) is 14.7 Å². The molecular formula is C40H54O6. The quantitative estimate of drug-likeness (QED) is 0.204. The molecule has 0 amide bonds. The van der Waals surface area contributed by atoms with Gasteiger partial charge in [-0.15, -0.1) is 0 Å². The fourth-order valence-electron chi connectivity index (χ4n) is 12.8. The van der Waals surface area contributed by atoms with Crippen molar-refractivity contribution in [1.82, 2.24) is 0 Å². The zero-order valence-electron chi connectivity index (χ0n) is 29.2. The third-order valence-corrected chi connectivity index (χ3v) is 15.6. The summed E-state index contributed by atoms with van der Waals surface area (Å²) in [4.78, 5) is 27.0. The van der Waals surface area contributed by atoms with Gasteiger partial charge >= 0.3 is 11.9 Å². The molecule has 2 bridgehead atoms. The first kappa shape index (κ1) is 31.8. The number of phenols is 1. The molecule has 1 N–H and O–H groups in total. The molecule has 1 aliphatic heterocycles. The zero-order valence-corrected chi connectivity index (χ0v) is 29.2. The molecule has 0 radical (unpaired) electrons. The molecule has 1 aromatic rings. The van der Waals surface area contributed by atoms with Gasteiger partial charge in [0.15, 0.2) is 11.5 Å². The van der Waals surface area contributed by atoms with Crippen LogP contribution in [0.4, 0.5) is 0 Å². The number of carbonyl (C=O) groups excluding carboxylic acids is 2. The van der Waals surface area contributed by atoms with Crippen LogP contribution in [-0.4, -0.2) is 35.9 Å². The molecule has 250 valence electrons. The summed E-state index contributed by atoms with van der Waals surface area (Å²) in [6.45, 7) is 16.9. The molecule has 0 unspecified atom stereocenters. The molecule has 1 aromatic carbocycles. The number of hydrogen-bond acceptors (Lipinski definition) is 6. The van der Waals surface area contributed by atoms with Gasteiger partial charge in [0.25, 0.3) is 0 Å². The number of fused-ring (bicyclic) bond motifs is 4. The minimum Gasteiger partial charge on any atom is -0.504 e. The van der Waals surface area contributed by atoms with Gasteiger partial charge in [-0.1, -0.05) is 60.6 Å². The molecule has 6 nitrogen and oxygen atoms in total. The third-order valence-electron chi connectivity index (χ3n) is 15.6. The first-order valence-corrected chi connectivity index (χ1v) is 17.8. The molecule has 1 saturated heterocycles. The number of benzene rings is 1. The Kier molecular flexibility index (Phi) is 7.00. The van der Waals surface area contributed by atoms with Crippen LogP contribution in [0.25, 0.3) is 6.08 Å². The highest BCUT2D eigenvalue weighted by Gasteiger charge is 2.80. The van der Waals surface area contributed by atoms with E-state index in [0.717, 1.165) is 56.9 Å². The van der Waals surface area contributed by atoms with Crippen LogP contribution < -0.4 is 4.74 Å². The number of carbonyl (C=O) groups is 2. The summed E-state index contributed by atoms with van der Waals surface area (Å²) in [6, 6.07) is 5.00. The number of esters is 2. The van der Waals surface area contributed by atoms with Crippen LogP contribution in [0, 0.1) is 56.7 Å². The van der Waals surface area contributed by atoms with Crippen LogP contribution in [0.15, 0.2) is 36.4 Å². The van der Waals surface area contributed by atoms with Crippen LogP contribution in [0.1, 0.15) is 105 Å². The van der Waals surface area contributed by atoms with E-state index in [-0.39, 0.29) is 56.8 Å². The second-order valence-corrected chi connectivity index (χ2v) is 17.4. The minimum atomic E-state index is -0.527. The van der Waals surface area contributed by atoms with E-state index < -0.39 is 5.60 Å². The minimum absolute atomic E-state index is 0.00229. The van der Waals surface area contributed by atoms with E-state index in [1.165, 1.54) is 13.2 Å². The first-order valence-electron chi connectivity index (χ1n) is 17.8. The molecule has 7 rings (SSSR count). The summed E-state index contributed by atoms with van der Waals surface area (Å²) in [5.74, 6) is 2.20. The molecule has 11 atom stereocenters. The standard InChI is InChI=1S/C40H54O6/c1-24-13-19-39-22-21-38(7)37(6)18-14-29-35(3,4)31(45-32(42)12-10-26-9-11-27(41)28(23-26)44-8)16-17-36(29,5)30(37)15-20-40(38,46-34(39)43)33(39)25(24)2/h9-12,15,20,23-25,29-31,33,41H,13-14,16-19,21-22H2,1-8H3/b12-10+/t24-,25+,29+,30-,31+,33-,36+,37-,38+,39+,40+/m1/s1. The maximum absolute atomic E-state index is 13.9. The average Bonchev–Trinajstić information content (AvgIpc) is 3.21. The summed E-state index contributed by atoms with van der Waals surface area (Å²) in [7, 11) is 1.51. The Morgan fingerprint density at radius 3 is 2.50 bits per heavy atom. The maximum Gasteiger partial charge on any atom is 0.331 e. The molecule has 6 heteroatoms. The summed E-state index contributed by atoms with van der Waals surface area (Å²) in [5.41, 5.74) is -0.367. The van der Waals surface area contributed by atoms with Crippen molar-refractivity contribution in [3.63, 3.8) is 0 Å². The van der Waals surface area contributed by atoms with E-state index in [4.69, 9.17) is 14.2 Å². The highest BCUT2D eigenvalue weighted by Crippen LogP contribution is 2.79. The van der Waals surface area contributed by atoms with Gasteiger partial charge in [-0.3, -0.25) is 4.79 Å². The van der Waals surface area contributed by atoms with Crippen LogP contribution in [0.2, 0.25) is 0 Å². The lowest BCUT2D eigenvalue weighted by molar-refractivity contribution is -0.247. The van der Waals surface area contributed by atoms with Gasteiger partial charge in [-0.05, 0) is 116 Å². The molecule has 5 fully saturated rings. The summed E-state index contributed by atoms with van der Waals surface area (Å²) in [6.07, 6.45) is 16.0. The van der Waals surface area contributed by atoms with Gasteiger partial charge in [0.05, 0.1) is 12.5 Å². The van der Waals surface area contributed by atoms with Gasteiger partial charge in [0.2, 0.25) is 0 Å². The Balaban J connectivity index is 1.16. The molecule has 1 heterocycles. The third kappa shape index (κ3) is 3.88. The number of ether oxygens (including phenoxy) is 3. The second kappa shape index (κ2) is 10.1. The van der Waals surface area contributed by atoms with Crippen molar-refractivity contribution in [2.75, 3.05) is 7.11 Å². The van der Waals surface area contributed by atoms with Crippen molar-refractivity contribution in [1.29, 1.82) is 0 Å². The molecule has 1 spiro atoms. The monoisotopic (exact) mass is 630 g/mol. The lowest BCUT2D eigenvalue weighted by Gasteiger charge is -2.72. The lowest BCUT2D eigenvalue weighted by atomic mass is 9.32. The van der Waals surface area contributed by atoms with Gasteiger partial charge in [0, 0.05) is 22.8 Å². The lowest BCUT2D eigenvalue weighted by Crippen LogP contribution is -2.71. The highest BCUT2D eigenvalue weighted by molar-refractivity contribution is 5.87. The van der Waals surface area contributed by atoms with Crippen molar-refractivity contribution < 1.29 is 28.9 Å². The Morgan fingerprint density at radius 1 is 1.00 bits per heavy atom. The van der Waals surface area contributed by atoms with E-state index >= 15 is 0 Å². The smallest absolute Gasteiger partial charge is 0.331 e. The molecule has 0 aromatic heterocycles.